The SMILES string of the molecule is CC.CSC(=O)NCCN. The Bertz CT molecular complexity index is 78.1. The van der Waals surface area contributed by atoms with Crippen LogP contribution in [0, 0.1) is 0 Å². The fraction of sp³-hybridized carbons (Fsp3) is 0.833. The van der Waals surface area contributed by atoms with E-state index in [4.69, 9.17) is 5.73 Å². The number of nitrogens with two attached hydrogens (primary N) is 1. The van der Waals surface area contributed by atoms with Gasteiger partial charge in [-0.05, 0) is 6.26 Å². The molecule has 0 aliphatic carbocycles. The first-order valence-corrected chi connectivity index (χ1v) is 4.55. The third-order valence-corrected chi connectivity index (χ3v) is 1.11. The molecule has 3 N–H and O–H groups in total. The van der Waals surface area contributed by atoms with E-state index in [9.17, 15) is 4.79 Å². The summed E-state index contributed by atoms with van der Waals surface area (Å²) in [5, 5.41) is 2.56. The van der Waals surface area contributed by atoms with Gasteiger partial charge in [-0.3, -0.25) is 4.79 Å². The monoisotopic (exact) mass is 164 g/mol. The summed E-state index contributed by atoms with van der Waals surface area (Å²) in [5.41, 5.74) is 5.11. The molecule has 0 aliphatic rings. The highest BCUT2D eigenvalue weighted by molar-refractivity contribution is 8.12. The quantitative estimate of drug-likeness (QED) is 0.641. The van der Waals surface area contributed by atoms with Crippen LogP contribution in [0.1, 0.15) is 13.8 Å². The number of nitrogens with one attached hydrogen (secondary N) is 1. The van der Waals surface area contributed by atoms with Crippen LogP contribution < -0.4 is 11.1 Å². The predicted octanol–water partition coefficient (Wildman–Crippen LogP) is 1.04. The molecule has 10 heavy (non-hydrogen) atoms. The molecule has 0 rings (SSSR count). The lowest BCUT2D eigenvalue weighted by Gasteiger charge is -1.96. The van der Waals surface area contributed by atoms with Crippen molar-refractivity contribution in [1.29, 1.82) is 0 Å². The van der Waals surface area contributed by atoms with E-state index in [0.717, 1.165) is 11.8 Å². The lowest BCUT2D eigenvalue weighted by molar-refractivity contribution is 0.261. The Kier molecular flexibility index (Phi) is 14.4. The van der Waals surface area contributed by atoms with Crippen molar-refractivity contribution >= 4 is 17.0 Å². The van der Waals surface area contributed by atoms with E-state index in [0.29, 0.717) is 13.1 Å². The molecule has 0 spiro atoms. The highest BCUT2D eigenvalue weighted by Gasteiger charge is 1.91. The second kappa shape index (κ2) is 11.6. The Balaban J connectivity index is 0. The van der Waals surface area contributed by atoms with Crippen molar-refractivity contribution in [3.63, 3.8) is 0 Å². The normalized spacial score (nSPS) is 7.60. The topological polar surface area (TPSA) is 55.1 Å². The molecule has 0 aromatic rings. The summed E-state index contributed by atoms with van der Waals surface area (Å²) in [4.78, 5) is 10.4. The third kappa shape index (κ3) is 10.7. The zero-order valence-electron chi connectivity index (χ0n) is 6.81. The second-order valence-electron chi connectivity index (χ2n) is 1.21. The molecule has 0 bridgehead atoms. The minimum Gasteiger partial charge on any atom is -0.346 e. The zero-order valence-corrected chi connectivity index (χ0v) is 7.62. The number of carbonyl (C=O) groups excluding carboxylic acids is 1. The van der Waals surface area contributed by atoms with Crippen LogP contribution in [0.3, 0.4) is 0 Å². The minimum atomic E-state index is -0.0181. The Morgan fingerprint density at radius 2 is 2.10 bits per heavy atom. The number of carbonyl (C=O) groups is 1. The molecule has 0 aromatic carbocycles. The van der Waals surface area contributed by atoms with Crippen LogP contribution in [-0.2, 0) is 0 Å². The molecule has 1 amide bonds. The molecule has 0 fully saturated rings. The summed E-state index contributed by atoms with van der Waals surface area (Å²) in [6.45, 7) is 5.08. The molecule has 0 saturated heterocycles. The average molecular weight is 164 g/mol. The summed E-state index contributed by atoms with van der Waals surface area (Å²) in [5.74, 6) is 0. The molecule has 0 saturated carbocycles. The van der Waals surface area contributed by atoms with Gasteiger partial charge in [0.2, 0.25) is 0 Å². The highest BCUT2D eigenvalue weighted by Crippen LogP contribution is 1.90. The maximum atomic E-state index is 10.4. The number of rotatable bonds is 2. The highest BCUT2D eigenvalue weighted by atomic mass is 32.2. The van der Waals surface area contributed by atoms with Gasteiger partial charge < -0.3 is 11.1 Å². The number of thioether (sulfide) groups is 1. The van der Waals surface area contributed by atoms with Gasteiger partial charge >= 0.3 is 0 Å². The first-order valence-electron chi connectivity index (χ1n) is 3.33. The molecule has 0 heterocycles. The van der Waals surface area contributed by atoms with E-state index < -0.39 is 0 Å². The zero-order chi connectivity index (χ0) is 8.41. The molecular formula is C6H16N2OS. The van der Waals surface area contributed by atoms with Gasteiger partial charge in [0.15, 0.2) is 0 Å². The smallest absolute Gasteiger partial charge is 0.278 e. The second-order valence-corrected chi connectivity index (χ2v) is 1.99. The summed E-state index contributed by atoms with van der Waals surface area (Å²) < 4.78 is 0. The molecule has 0 aliphatic heterocycles. The number of amides is 1. The molecule has 3 nitrogen and oxygen atoms in total. The molecule has 0 atom stereocenters. The lowest BCUT2D eigenvalue weighted by atomic mass is 10.7. The summed E-state index contributed by atoms with van der Waals surface area (Å²) >= 11 is 1.16. The molecule has 62 valence electrons. The van der Waals surface area contributed by atoms with E-state index in [1.165, 1.54) is 0 Å². The van der Waals surface area contributed by atoms with E-state index in [1.54, 1.807) is 6.26 Å². The van der Waals surface area contributed by atoms with E-state index in [-0.39, 0.29) is 5.24 Å². The van der Waals surface area contributed by atoms with E-state index >= 15 is 0 Å². The first-order chi connectivity index (χ1) is 4.81. The van der Waals surface area contributed by atoms with Gasteiger partial charge in [-0.25, -0.2) is 0 Å². The maximum Gasteiger partial charge on any atom is 0.278 e. The Labute approximate surface area is 66.7 Å². The molecule has 0 radical (unpaired) electrons. The first kappa shape index (κ1) is 12.5. The van der Waals surface area contributed by atoms with Gasteiger partial charge in [-0.2, -0.15) is 0 Å². The lowest BCUT2D eigenvalue weighted by Crippen LogP contribution is -2.25. The predicted molar refractivity (Wildman–Crippen MR) is 47.3 cm³/mol. The maximum absolute atomic E-state index is 10.4. The van der Waals surface area contributed by atoms with E-state index in [1.807, 2.05) is 13.8 Å². The van der Waals surface area contributed by atoms with Crippen LogP contribution >= 0.6 is 11.8 Å². The third-order valence-electron chi connectivity index (χ3n) is 0.599. The van der Waals surface area contributed by atoms with Gasteiger partial charge in [0.05, 0.1) is 0 Å². The molecular weight excluding hydrogens is 148 g/mol. The summed E-state index contributed by atoms with van der Waals surface area (Å²) in [7, 11) is 0. The fourth-order valence-electron chi connectivity index (χ4n) is 0.246. The Morgan fingerprint density at radius 1 is 1.60 bits per heavy atom. The van der Waals surface area contributed by atoms with Crippen molar-refractivity contribution in [3.05, 3.63) is 0 Å². The van der Waals surface area contributed by atoms with Crippen LogP contribution in [0.4, 0.5) is 4.79 Å². The van der Waals surface area contributed by atoms with Crippen LogP contribution in [0.25, 0.3) is 0 Å². The minimum absolute atomic E-state index is 0.0181. The van der Waals surface area contributed by atoms with Crippen molar-refractivity contribution in [2.45, 2.75) is 13.8 Å². The van der Waals surface area contributed by atoms with Crippen molar-refractivity contribution in [3.8, 4) is 0 Å². The average Bonchev–Trinajstić information content (AvgIpc) is 2.04. The number of hydrogen-bond acceptors (Lipinski definition) is 3. The van der Waals surface area contributed by atoms with Gasteiger partial charge in [0.25, 0.3) is 5.24 Å². The van der Waals surface area contributed by atoms with Gasteiger partial charge in [-0.1, -0.05) is 25.6 Å². The van der Waals surface area contributed by atoms with E-state index in [2.05, 4.69) is 5.32 Å². The van der Waals surface area contributed by atoms with Crippen LogP contribution in [-0.4, -0.2) is 24.6 Å². The van der Waals surface area contributed by atoms with Crippen LogP contribution in [0.2, 0.25) is 0 Å². The number of hydrogen-bond donors (Lipinski definition) is 2. The van der Waals surface area contributed by atoms with Crippen molar-refractivity contribution in [2.75, 3.05) is 19.3 Å². The summed E-state index contributed by atoms with van der Waals surface area (Å²) in [6, 6.07) is 0. The van der Waals surface area contributed by atoms with Crippen LogP contribution in [0.5, 0.6) is 0 Å². The van der Waals surface area contributed by atoms with Gasteiger partial charge in [0, 0.05) is 13.1 Å². The van der Waals surface area contributed by atoms with Crippen molar-refractivity contribution in [2.24, 2.45) is 5.73 Å². The Hall–Kier alpha value is -0.220. The molecule has 4 heteroatoms. The largest absolute Gasteiger partial charge is 0.346 e. The van der Waals surface area contributed by atoms with Gasteiger partial charge in [0.1, 0.15) is 0 Å². The Morgan fingerprint density at radius 3 is 2.40 bits per heavy atom. The van der Waals surface area contributed by atoms with Crippen molar-refractivity contribution < 1.29 is 4.79 Å². The molecule has 0 aromatic heterocycles. The van der Waals surface area contributed by atoms with Gasteiger partial charge in [-0.15, -0.1) is 0 Å². The molecule has 0 unspecified atom stereocenters. The standard InChI is InChI=1S/C4H10N2OS.C2H6/c1-8-4(7)6-3-2-5;1-2/h2-3,5H2,1H3,(H,6,7);1-2H3. The summed E-state index contributed by atoms with van der Waals surface area (Å²) in [6.07, 6.45) is 1.73. The van der Waals surface area contributed by atoms with Crippen LogP contribution in [0.15, 0.2) is 0 Å². The fourth-order valence-corrected chi connectivity index (χ4v) is 0.493. The van der Waals surface area contributed by atoms with Crippen molar-refractivity contribution in [1.82, 2.24) is 5.32 Å².